The van der Waals surface area contributed by atoms with E-state index in [4.69, 9.17) is 9.84 Å². The van der Waals surface area contributed by atoms with Crippen molar-refractivity contribution in [2.24, 2.45) is 0 Å². The van der Waals surface area contributed by atoms with Gasteiger partial charge in [0.1, 0.15) is 12.3 Å². The minimum atomic E-state index is -3.95. The lowest BCUT2D eigenvalue weighted by atomic mass is 10.2. The van der Waals surface area contributed by atoms with Crippen LogP contribution in [0.2, 0.25) is 0 Å². The van der Waals surface area contributed by atoms with Crippen molar-refractivity contribution in [2.75, 3.05) is 25.0 Å². The van der Waals surface area contributed by atoms with Gasteiger partial charge in [-0.3, -0.25) is 9.59 Å². The molecule has 2 rings (SSSR count). The minimum Gasteiger partial charge on any atom is -0.482 e. The lowest BCUT2D eigenvalue weighted by molar-refractivity contribution is -0.137. The Morgan fingerprint density at radius 2 is 2.19 bits per heavy atom. The van der Waals surface area contributed by atoms with E-state index < -0.39 is 22.5 Å². The number of nitrogens with zero attached hydrogens (tertiary/aromatic N) is 1. The number of ether oxygens (including phenoxy) is 1. The van der Waals surface area contributed by atoms with E-state index in [0.717, 1.165) is 4.31 Å². The highest BCUT2D eigenvalue weighted by atomic mass is 32.2. The van der Waals surface area contributed by atoms with Crippen LogP contribution in [-0.4, -0.2) is 49.4 Å². The first kappa shape index (κ1) is 15.3. The van der Waals surface area contributed by atoms with Crippen molar-refractivity contribution < 1.29 is 27.9 Å². The SMILES string of the molecule is CCN(CC(=O)O)S(=O)(=O)c1ccc2c(c1)NC(=O)CO2. The molecule has 21 heavy (non-hydrogen) atoms. The lowest BCUT2D eigenvalue weighted by Gasteiger charge is -2.21. The Labute approximate surface area is 121 Å². The van der Waals surface area contributed by atoms with E-state index in [1.54, 1.807) is 6.92 Å². The minimum absolute atomic E-state index is 0.0224. The normalized spacial score (nSPS) is 14.3. The number of anilines is 1. The number of carbonyl (C=O) groups excluding carboxylic acids is 1. The zero-order valence-electron chi connectivity index (χ0n) is 11.2. The number of hydrogen-bond donors (Lipinski definition) is 2. The fourth-order valence-electron chi connectivity index (χ4n) is 1.89. The molecular weight excluding hydrogens is 300 g/mol. The number of sulfonamides is 1. The maximum atomic E-state index is 12.4. The number of nitrogens with one attached hydrogen (secondary N) is 1. The van der Waals surface area contributed by atoms with Crippen molar-refractivity contribution in [1.29, 1.82) is 0 Å². The molecule has 0 bridgehead atoms. The van der Waals surface area contributed by atoms with E-state index >= 15 is 0 Å². The van der Waals surface area contributed by atoms with Gasteiger partial charge in [0.05, 0.1) is 10.6 Å². The Morgan fingerprint density at radius 1 is 1.48 bits per heavy atom. The van der Waals surface area contributed by atoms with Crippen LogP contribution in [0.15, 0.2) is 23.1 Å². The average Bonchev–Trinajstić information content (AvgIpc) is 2.43. The molecule has 0 unspecified atom stereocenters. The molecule has 0 fully saturated rings. The Kier molecular flexibility index (Phi) is 4.14. The molecule has 0 saturated heterocycles. The summed E-state index contributed by atoms with van der Waals surface area (Å²) in [7, 11) is -3.95. The predicted molar refractivity (Wildman–Crippen MR) is 72.6 cm³/mol. The number of carboxylic acid groups (broad SMARTS) is 1. The van der Waals surface area contributed by atoms with Crippen LogP contribution in [0, 0.1) is 0 Å². The van der Waals surface area contributed by atoms with Gasteiger partial charge in [-0.2, -0.15) is 4.31 Å². The van der Waals surface area contributed by atoms with E-state index in [0.29, 0.717) is 5.75 Å². The van der Waals surface area contributed by atoms with Gasteiger partial charge in [0.15, 0.2) is 6.61 Å². The zero-order chi connectivity index (χ0) is 15.6. The molecule has 1 aromatic rings. The summed E-state index contributed by atoms with van der Waals surface area (Å²) in [6.45, 7) is 0.816. The molecule has 1 heterocycles. The topological polar surface area (TPSA) is 113 Å². The third-order valence-corrected chi connectivity index (χ3v) is 4.80. The molecular formula is C12H14N2O6S. The van der Waals surface area contributed by atoms with Crippen LogP contribution in [0.5, 0.6) is 5.75 Å². The number of aliphatic carboxylic acids is 1. The van der Waals surface area contributed by atoms with Crippen molar-refractivity contribution in [3.8, 4) is 5.75 Å². The number of rotatable bonds is 5. The Morgan fingerprint density at radius 3 is 2.81 bits per heavy atom. The third-order valence-electron chi connectivity index (χ3n) is 2.89. The molecule has 1 amide bonds. The van der Waals surface area contributed by atoms with Crippen LogP contribution in [0.25, 0.3) is 0 Å². The molecule has 9 heteroatoms. The van der Waals surface area contributed by atoms with Gasteiger partial charge in [-0.15, -0.1) is 0 Å². The monoisotopic (exact) mass is 314 g/mol. The fraction of sp³-hybridized carbons (Fsp3) is 0.333. The van der Waals surface area contributed by atoms with E-state index in [1.165, 1.54) is 18.2 Å². The number of hydrogen-bond acceptors (Lipinski definition) is 5. The van der Waals surface area contributed by atoms with Crippen LogP contribution in [0.3, 0.4) is 0 Å². The van der Waals surface area contributed by atoms with Crippen LogP contribution in [-0.2, 0) is 19.6 Å². The highest BCUT2D eigenvalue weighted by Crippen LogP contribution is 2.31. The van der Waals surface area contributed by atoms with Gasteiger partial charge in [0, 0.05) is 6.54 Å². The first-order valence-corrected chi connectivity index (χ1v) is 7.57. The Hall–Kier alpha value is -2.13. The maximum Gasteiger partial charge on any atom is 0.318 e. The molecule has 0 aliphatic carbocycles. The van der Waals surface area contributed by atoms with Gasteiger partial charge in [-0.05, 0) is 18.2 Å². The standard InChI is InChI=1S/C12H14N2O6S/c1-2-14(6-12(16)17)21(18,19)8-3-4-10-9(5-8)13-11(15)7-20-10/h3-5H,2,6-7H2,1H3,(H,13,15)(H,16,17). The summed E-state index contributed by atoms with van der Waals surface area (Å²) in [5.41, 5.74) is 0.249. The quantitative estimate of drug-likeness (QED) is 0.797. The molecule has 0 spiro atoms. The summed E-state index contributed by atoms with van der Waals surface area (Å²) < 4.78 is 30.7. The summed E-state index contributed by atoms with van der Waals surface area (Å²) in [5, 5.41) is 11.3. The van der Waals surface area contributed by atoms with Crippen LogP contribution in [0.4, 0.5) is 5.69 Å². The highest BCUT2D eigenvalue weighted by molar-refractivity contribution is 7.89. The van der Waals surface area contributed by atoms with Gasteiger partial charge in [0.2, 0.25) is 10.0 Å². The molecule has 1 aliphatic heterocycles. The maximum absolute atomic E-state index is 12.4. The van der Waals surface area contributed by atoms with Gasteiger partial charge in [0.25, 0.3) is 5.91 Å². The van der Waals surface area contributed by atoms with Gasteiger partial charge < -0.3 is 15.2 Å². The second-order valence-corrected chi connectivity index (χ2v) is 6.26. The van der Waals surface area contributed by atoms with Gasteiger partial charge in [-0.25, -0.2) is 8.42 Å². The first-order chi connectivity index (χ1) is 9.84. The summed E-state index contributed by atoms with van der Waals surface area (Å²) in [6.07, 6.45) is 0. The predicted octanol–water partition coefficient (Wildman–Crippen LogP) is 0.113. The highest BCUT2D eigenvalue weighted by Gasteiger charge is 2.27. The molecule has 8 nitrogen and oxygen atoms in total. The van der Waals surface area contributed by atoms with E-state index in [1.807, 2.05) is 0 Å². The number of fused-ring (bicyclic) bond motifs is 1. The largest absolute Gasteiger partial charge is 0.482 e. The number of carboxylic acids is 1. The number of likely N-dealkylation sites (N-methyl/N-ethyl adjacent to an activating group) is 1. The average molecular weight is 314 g/mol. The van der Waals surface area contributed by atoms with E-state index in [2.05, 4.69) is 5.32 Å². The Balaban J connectivity index is 2.38. The van der Waals surface area contributed by atoms with Gasteiger partial charge in [-0.1, -0.05) is 6.92 Å². The van der Waals surface area contributed by atoms with Crippen LogP contribution in [0.1, 0.15) is 6.92 Å². The molecule has 114 valence electrons. The second kappa shape index (κ2) is 5.70. The molecule has 0 aromatic heterocycles. The van der Waals surface area contributed by atoms with Crippen molar-refractivity contribution >= 4 is 27.6 Å². The summed E-state index contributed by atoms with van der Waals surface area (Å²) in [5.74, 6) is -1.25. The fourth-order valence-corrected chi connectivity index (χ4v) is 3.31. The number of amides is 1. The number of benzene rings is 1. The van der Waals surface area contributed by atoms with Crippen molar-refractivity contribution in [3.63, 3.8) is 0 Å². The summed E-state index contributed by atoms with van der Waals surface area (Å²) in [4.78, 5) is 21.9. The summed E-state index contributed by atoms with van der Waals surface area (Å²) in [6, 6.07) is 4.00. The molecule has 2 N–H and O–H groups in total. The molecule has 0 radical (unpaired) electrons. The Bertz CT molecular complexity index is 685. The molecule has 1 aliphatic rings. The molecule has 1 aromatic carbocycles. The van der Waals surface area contributed by atoms with Crippen LogP contribution >= 0.6 is 0 Å². The summed E-state index contributed by atoms with van der Waals surface area (Å²) >= 11 is 0. The molecule has 0 atom stereocenters. The first-order valence-electron chi connectivity index (χ1n) is 6.13. The van der Waals surface area contributed by atoms with Gasteiger partial charge >= 0.3 is 5.97 Å². The molecule has 0 saturated carbocycles. The smallest absolute Gasteiger partial charge is 0.318 e. The van der Waals surface area contributed by atoms with E-state index in [9.17, 15) is 18.0 Å². The van der Waals surface area contributed by atoms with Crippen molar-refractivity contribution in [2.45, 2.75) is 11.8 Å². The van der Waals surface area contributed by atoms with Crippen molar-refractivity contribution in [1.82, 2.24) is 4.31 Å². The third kappa shape index (κ3) is 3.14. The number of carbonyl (C=O) groups is 2. The van der Waals surface area contributed by atoms with E-state index in [-0.39, 0.29) is 29.6 Å². The van der Waals surface area contributed by atoms with Crippen molar-refractivity contribution in [3.05, 3.63) is 18.2 Å². The lowest BCUT2D eigenvalue weighted by Crippen LogP contribution is -2.35. The second-order valence-electron chi connectivity index (χ2n) is 4.32. The van der Waals surface area contributed by atoms with Crippen LogP contribution < -0.4 is 10.1 Å². The zero-order valence-corrected chi connectivity index (χ0v) is 12.0.